The maximum absolute atomic E-state index is 14.0. The Bertz CT molecular complexity index is 1100. The van der Waals surface area contributed by atoms with Crippen molar-refractivity contribution in [2.45, 2.75) is 19.8 Å². The van der Waals surface area contributed by atoms with E-state index in [0.717, 1.165) is 5.69 Å². The van der Waals surface area contributed by atoms with Gasteiger partial charge in [0, 0.05) is 31.7 Å². The average molecular weight is 409 g/mol. The molecule has 1 aliphatic heterocycles. The van der Waals surface area contributed by atoms with Gasteiger partial charge in [0.1, 0.15) is 5.82 Å². The van der Waals surface area contributed by atoms with Gasteiger partial charge in [0.15, 0.2) is 0 Å². The first-order valence-corrected chi connectivity index (χ1v) is 10.2. The summed E-state index contributed by atoms with van der Waals surface area (Å²) >= 11 is 0. The first kappa shape index (κ1) is 20.1. The molecule has 156 valence electrons. The lowest BCUT2D eigenvalue weighted by Gasteiger charge is -2.31. The number of piperidine rings is 1. The van der Waals surface area contributed by atoms with Crippen LogP contribution in [0.25, 0.3) is 22.3 Å². The van der Waals surface area contributed by atoms with Gasteiger partial charge < -0.3 is 14.2 Å². The van der Waals surface area contributed by atoms with Crippen molar-refractivity contribution in [1.82, 2.24) is 14.5 Å². The number of halogens is 1. The average Bonchev–Trinajstić information content (AvgIpc) is 3.18. The minimum atomic E-state index is -0.411. The van der Waals surface area contributed by atoms with Crippen LogP contribution in [-0.2, 0) is 16.6 Å². The SMILES string of the molecule is CCOC(=O)C1CCN(C(=O)c2cc(-c3cccn3C)nc3ccc(F)cc23)CC1. The van der Waals surface area contributed by atoms with Crippen molar-refractivity contribution in [2.75, 3.05) is 19.7 Å². The molecule has 0 saturated carbocycles. The summed E-state index contributed by atoms with van der Waals surface area (Å²) in [6, 6.07) is 9.88. The molecular formula is C23H24FN3O3. The molecule has 6 nitrogen and oxygen atoms in total. The maximum atomic E-state index is 14.0. The summed E-state index contributed by atoms with van der Waals surface area (Å²) in [6.07, 6.45) is 3.03. The van der Waals surface area contributed by atoms with Crippen LogP contribution in [0.15, 0.2) is 42.6 Å². The number of aromatic nitrogens is 2. The summed E-state index contributed by atoms with van der Waals surface area (Å²) in [6.45, 7) is 3.06. The van der Waals surface area contributed by atoms with Gasteiger partial charge in [-0.2, -0.15) is 0 Å². The fraction of sp³-hybridized carbons (Fsp3) is 0.348. The second kappa shape index (κ2) is 8.26. The van der Waals surface area contributed by atoms with Crippen LogP contribution in [0.3, 0.4) is 0 Å². The minimum Gasteiger partial charge on any atom is -0.466 e. The Morgan fingerprint density at radius 2 is 1.97 bits per heavy atom. The van der Waals surface area contributed by atoms with Crippen LogP contribution in [0.1, 0.15) is 30.1 Å². The van der Waals surface area contributed by atoms with Crippen molar-refractivity contribution in [3.63, 3.8) is 0 Å². The fourth-order valence-corrected chi connectivity index (χ4v) is 3.98. The molecule has 1 aromatic carbocycles. The van der Waals surface area contributed by atoms with Gasteiger partial charge in [0.25, 0.3) is 5.91 Å². The third kappa shape index (κ3) is 3.79. The standard InChI is InChI=1S/C23H24FN3O3/c1-3-30-23(29)15-8-11-27(12-9-15)22(28)18-14-20(21-5-4-10-26(21)2)25-19-7-6-16(24)13-17(18)19/h4-7,10,13-15H,3,8-9,11-12H2,1-2H3. The number of ether oxygens (including phenoxy) is 1. The highest BCUT2D eigenvalue weighted by Gasteiger charge is 2.29. The zero-order valence-electron chi connectivity index (χ0n) is 17.1. The molecular weight excluding hydrogens is 385 g/mol. The summed E-state index contributed by atoms with van der Waals surface area (Å²) in [5, 5.41) is 0.491. The second-order valence-corrected chi connectivity index (χ2v) is 7.54. The zero-order chi connectivity index (χ0) is 21.3. The zero-order valence-corrected chi connectivity index (χ0v) is 17.1. The van der Waals surface area contributed by atoms with E-state index < -0.39 is 5.82 Å². The number of likely N-dealkylation sites (tertiary alicyclic amines) is 1. The van der Waals surface area contributed by atoms with Crippen molar-refractivity contribution >= 4 is 22.8 Å². The van der Waals surface area contributed by atoms with Gasteiger partial charge in [-0.15, -0.1) is 0 Å². The lowest BCUT2D eigenvalue weighted by atomic mass is 9.96. The van der Waals surface area contributed by atoms with Crippen LogP contribution in [0.4, 0.5) is 4.39 Å². The van der Waals surface area contributed by atoms with E-state index in [9.17, 15) is 14.0 Å². The van der Waals surface area contributed by atoms with Crippen molar-refractivity contribution in [1.29, 1.82) is 0 Å². The number of nitrogens with zero attached hydrogens (tertiary/aromatic N) is 3. The first-order chi connectivity index (χ1) is 14.5. The molecule has 7 heteroatoms. The van der Waals surface area contributed by atoms with Crippen LogP contribution in [0, 0.1) is 11.7 Å². The molecule has 0 aliphatic carbocycles. The van der Waals surface area contributed by atoms with Gasteiger partial charge in [-0.05, 0) is 56.2 Å². The number of rotatable bonds is 4. The number of carbonyl (C=O) groups is 2. The Kier molecular flexibility index (Phi) is 5.53. The van der Waals surface area contributed by atoms with Crippen molar-refractivity contribution < 1.29 is 18.7 Å². The molecule has 1 saturated heterocycles. The van der Waals surface area contributed by atoms with E-state index in [1.54, 1.807) is 24.0 Å². The van der Waals surface area contributed by atoms with Gasteiger partial charge in [-0.1, -0.05) is 0 Å². The molecule has 0 N–H and O–H groups in total. The summed E-state index contributed by atoms with van der Waals surface area (Å²) in [5.41, 5.74) is 2.52. The normalized spacial score (nSPS) is 14.8. The fourth-order valence-electron chi connectivity index (χ4n) is 3.98. The number of aryl methyl sites for hydroxylation is 1. The molecule has 0 radical (unpaired) electrons. The predicted octanol–water partition coefficient (Wildman–Crippen LogP) is 3.79. The molecule has 1 fully saturated rings. The Morgan fingerprint density at radius 1 is 1.20 bits per heavy atom. The van der Waals surface area contributed by atoms with Gasteiger partial charge in [-0.3, -0.25) is 9.59 Å². The van der Waals surface area contributed by atoms with Gasteiger partial charge in [-0.25, -0.2) is 9.37 Å². The molecule has 30 heavy (non-hydrogen) atoms. The van der Waals surface area contributed by atoms with E-state index in [2.05, 4.69) is 4.98 Å². The summed E-state index contributed by atoms with van der Waals surface area (Å²) < 4.78 is 21.0. The topological polar surface area (TPSA) is 64.4 Å². The molecule has 4 rings (SSSR count). The Labute approximate surface area is 174 Å². The molecule has 2 aromatic heterocycles. The molecule has 3 heterocycles. The number of amides is 1. The van der Waals surface area contributed by atoms with Crippen molar-refractivity contribution in [2.24, 2.45) is 13.0 Å². The number of hydrogen-bond acceptors (Lipinski definition) is 4. The van der Waals surface area contributed by atoms with E-state index in [0.29, 0.717) is 54.7 Å². The van der Waals surface area contributed by atoms with Crippen molar-refractivity contribution in [3.05, 3.63) is 54.0 Å². The Morgan fingerprint density at radius 3 is 2.63 bits per heavy atom. The number of fused-ring (bicyclic) bond motifs is 1. The van der Waals surface area contributed by atoms with Gasteiger partial charge in [0.2, 0.25) is 0 Å². The van der Waals surface area contributed by atoms with Crippen LogP contribution < -0.4 is 0 Å². The quantitative estimate of drug-likeness (QED) is 0.615. The van der Waals surface area contributed by atoms with E-state index in [4.69, 9.17) is 4.74 Å². The highest BCUT2D eigenvalue weighted by molar-refractivity contribution is 6.07. The van der Waals surface area contributed by atoms with Crippen LogP contribution >= 0.6 is 0 Å². The van der Waals surface area contributed by atoms with Gasteiger partial charge >= 0.3 is 5.97 Å². The molecule has 0 unspecified atom stereocenters. The Balaban J connectivity index is 1.67. The third-order valence-corrected chi connectivity index (χ3v) is 5.61. The second-order valence-electron chi connectivity index (χ2n) is 7.54. The monoisotopic (exact) mass is 409 g/mol. The molecule has 3 aromatic rings. The van der Waals surface area contributed by atoms with Crippen LogP contribution in [0.5, 0.6) is 0 Å². The number of benzene rings is 1. The minimum absolute atomic E-state index is 0.175. The third-order valence-electron chi connectivity index (χ3n) is 5.61. The van der Waals surface area contributed by atoms with E-state index in [1.807, 2.05) is 29.9 Å². The van der Waals surface area contributed by atoms with E-state index in [1.165, 1.54) is 12.1 Å². The molecule has 1 aliphatic rings. The smallest absolute Gasteiger partial charge is 0.309 e. The summed E-state index contributed by atoms with van der Waals surface area (Å²) in [5.74, 6) is -0.969. The lowest BCUT2D eigenvalue weighted by molar-refractivity contribution is -0.149. The lowest BCUT2D eigenvalue weighted by Crippen LogP contribution is -2.40. The van der Waals surface area contributed by atoms with Crippen molar-refractivity contribution in [3.8, 4) is 11.4 Å². The van der Waals surface area contributed by atoms with Crippen LogP contribution in [0.2, 0.25) is 0 Å². The largest absolute Gasteiger partial charge is 0.466 e. The highest BCUT2D eigenvalue weighted by atomic mass is 19.1. The molecule has 0 atom stereocenters. The van der Waals surface area contributed by atoms with E-state index >= 15 is 0 Å². The number of esters is 1. The molecule has 1 amide bonds. The maximum Gasteiger partial charge on any atom is 0.309 e. The number of hydrogen-bond donors (Lipinski definition) is 0. The highest BCUT2D eigenvalue weighted by Crippen LogP contribution is 2.28. The number of carbonyl (C=O) groups excluding carboxylic acids is 2. The first-order valence-electron chi connectivity index (χ1n) is 10.2. The molecule has 0 spiro atoms. The predicted molar refractivity (Wildman–Crippen MR) is 111 cm³/mol. The Hall–Kier alpha value is -3.22. The van der Waals surface area contributed by atoms with E-state index in [-0.39, 0.29) is 17.8 Å². The van der Waals surface area contributed by atoms with Gasteiger partial charge in [0.05, 0.1) is 35.0 Å². The van der Waals surface area contributed by atoms with Crippen LogP contribution in [-0.4, -0.2) is 46.0 Å². The number of pyridine rings is 1. The summed E-state index contributed by atoms with van der Waals surface area (Å²) in [7, 11) is 1.91. The summed E-state index contributed by atoms with van der Waals surface area (Å²) in [4.78, 5) is 31.7. The molecule has 0 bridgehead atoms.